The second-order valence-electron chi connectivity index (χ2n) is 9.13. The van der Waals surface area contributed by atoms with Crippen molar-refractivity contribution in [3.8, 4) is 22.6 Å². The molecule has 5 rings (SSSR count). The molecule has 1 aliphatic rings. The number of piperazine rings is 1. The molecule has 2 N–H and O–H groups in total. The molecule has 190 valence electrons. The summed E-state index contributed by atoms with van der Waals surface area (Å²) in [6.07, 6.45) is 1.68. The zero-order chi connectivity index (χ0) is 25.9. The first kappa shape index (κ1) is 24.5. The Bertz CT molecular complexity index is 1430. The summed E-state index contributed by atoms with van der Waals surface area (Å²) in [5.41, 5.74) is 4.90. The Kier molecular flexibility index (Phi) is 6.92. The van der Waals surface area contributed by atoms with E-state index in [2.05, 4.69) is 20.1 Å². The fourth-order valence-corrected chi connectivity index (χ4v) is 4.98. The number of phenolic OH excluding ortho intramolecular Hbond substituents is 1. The first-order chi connectivity index (χ1) is 17.9. The Morgan fingerprint density at radius 2 is 1.81 bits per heavy atom. The number of carbonyl (C=O) groups excluding carboxylic acids is 1. The van der Waals surface area contributed by atoms with Crippen LogP contribution in [-0.2, 0) is 11.3 Å². The van der Waals surface area contributed by atoms with Gasteiger partial charge < -0.3 is 20.1 Å². The molecular weight excluding hydrogens is 471 g/mol. The van der Waals surface area contributed by atoms with E-state index in [9.17, 15) is 14.3 Å². The maximum absolute atomic E-state index is 13.7. The molecule has 1 aliphatic heterocycles. The third kappa shape index (κ3) is 5.06. The quantitative estimate of drug-likeness (QED) is 0.387. The molecule has 1 aromatic heterocycles. The highest BCUT2D eigenvalue weighted by atomic mass is 19.1. The number of pyridine rings is 1. The lowest BCUT2D eigenvalue weighted by Crippen LogP contribution is -2.46. The van der Waals surface area contributed by atoms with E-state index in [0.29, 0.717) is 17.0 Å². The van der Waals surface area contributed by atoms with Gasteiger partial charge in [0.25, 0.3) is 0 Å². The van der Waals surface area contributed by atoms with Crippen LogP contribution in [0.3, 0.4) is 0 Å². The normalized spacial score (nSPS) is 14.1. The lowest BCUT2D eigenvalue weighted by molar-refractivity contribution is -0.114. The monoisotopic (exact) mass is 500 g/mol. The van der Waals surface area contributed by atoms with Crippen molar-refractivity contribution in [3.05, 3.63) is 78.2 Å². The number of nitrogens with one attached hydrogen (secondary N) is 1. The van der Waals surface area contributed by atoms with Gasteiger partial charge in [-0.1, -0.05) is 24.3 Å². The van der Waals surface area contributed by atoms with Crippen LogP contribution in [0.1, 0.15) is 12.5 Å². The summed E-state index contributed by atoms with van der Waals surface area (Å²) in [5.74, 6) is 0.359. The number of methoxy groups -OCH3 is 1. The summed E-state index contributed by atoms with van der Waals surface area (Å²) < 4.78 is 19.4. The third-order valence-electron chi connectivity index (χ3n) is 6.72. The van der Waals surface area contributed by atoms with E-state index in [0.717, 1.165) is 60.5 Å². The Morgan fingerprint density at radius 3 is 2.51 bits per heavy atom. The molecular formula is C29H29FN4O3. The standard InChI is InChI=1S/C29H29FN4O3/c1-19(35)32-24-10-12-26(37-2)27(20-5-8-22(30)9-6-20)29(24)34-16-14-33(15-17-34)18-21-7-11-25(36)28-23(21)4-3-13-31-28/h3-13,36H,14-18H2,1-2H3,(H,32,35). The van der Waals surface area contributed by atoms with Gasteiger partial charge in [-0.2, -0.15) is 0 Å². The van der Waals surface area contributed by atoms with Gasteiger partial charge in [-0.15, -0.1) is 0 Å². The smallest absolute Gasteiger partial charge is 0.221 e. The van der Waals surface area contributed by atoms with Crippen molar-refractivity contribution in [3.63, 3.8) is 0 Å². The van der Waals surface area contributed by atoms with Gasteiger partial charge in [-0.25, -0.2) is 4.39 Å². The van der Waals surface area contributed by atoms with Gasteiger partial charge in [-0.05, 0) is 47.5 Å². The van der Waals surface area contributed by atoms with Crippen LogP contribution in [-0.4, -0.2) is 54.2 Å². The van der Waals surface area contributed by atoms with E-state index in [4.69, 9.17) is 4.74 Å². The highest BCUT2D eigenvalue weighted by Gasteiger charge is 2.26. The van der Waals surface area contributed by atoms with Crippen LogP contribution in [0, 0.1) is 5.82 Å². The minimum atomic E-state index is -0.312. The van der Waals surface area contributed by atoms with Crippen LogP contribution in [0.15, 0.2) is 66.9 Å². The lowest BCUT2D eigenvalue weighted by atomic mass is 9.99. The first-order valence-electron chi connectivity index (χ1n) is 12.2. The maximum Gasteiger partial charge on any atom is 0.221 e. The maximum atomic E-state index is 13.7. The molecule has 2 heterocycles. The molecule has 37 heavy (non-hydrogen) atoms. The minimum Gasteiger partial charge on any atom is -0.506 e. The fourth-order valence-electron chi connectivity index (χ4n) is 4.98. The van der Waals surface area contributed by atoms with Crippen LogP contribution < -0.4 is 15.0 Å². The Morgan fingerprint density at radius 1 is 1.05 bits per heavy atom. The van der Waals surface area contributed by atoms with Crippen molar-refractivity contribution < 1.29 is 19.0 Å². The summed E-state index contributed by atoms with van der Waals surface area (Å²) in [4.78, 5) is 21.0. The van der Waals surface area contributed by atoms with Crippen molar-refractivity contribution in [2.24, 2.45) is 0 Å². The molecule has 0 unspecified atom stereocenters. The van der Waals surface area contributed by atoms with Crippen LogP contribution in [0.4, 0.5) is 15.8 Å². The largest absolute Gasteiger partial charge is 0.506 e. The van der Waals surface area contributed by atoms with Gasteiger partial charge in [0.05, 0.1) is 18.5 Å². The molecule has 0 spiro atoms. The van der Waals surface area contributed by atoms with Crippen molar-refractivity contribution in [2.75, 3.05) is 43.5 Å². The molecule has 7 nitrogen and oxygen atoms in total. The van der Waals surface area contributed by atoms with Gasteiger partial charge in [0.2, 0.25) is 5.91 Å². The van der Waals surface area contributed by atoms with Crippen LogP contribution in [0.5, 0.6) is 11.5 Å². The number of rotatable bonds is 6. The number of amides is 1. The van der Waals surface area contributed by atoms with E-state index >= 15 is 0 Å². The molecule has 0 aliphatic carbocycles. The predicted molar refractivity (Wildman–Crippen MR) is 144 cm³/mol. The Balaban J connectivity index is 1.45. The Labute approximate surface area is 215 Å². The second-order valence-corrected chi connectivity index (χ2v) is 9.13. The second kappa shape index (κ2) is 10.4. The molecule has 0 atom stereocenters. The molecule has 0 bridgehead atoms. The fraction of sp³-hybridized carbons (Fsp3) is 0.241. The molecule has 0 saturated carbocycles. The average molecular weight is 501 g/mol. The molecule has 1 amide bonds. The van der Waals surface area contributed by atoms with E-state index < -0.39 is 0 Å². The molecule has 4 aromatic rings. The third-order valence-corrected chi connectivity index (χ3v) is 6.72. The number of benzene rings is 3. The average Bonchev–Trinajstić information content (AvgIpc) is 2.91. The molecule has 3 aromatic carbocycles. The summed E-state index contributed by atoms with van der Waals surface area (Å²) >= 11 is 0. The number of hydrogen-bond acceptors (Lipinski definition) is 6. The molecule has 1 saturated heterocycles. The summed E-state index contributed by atoms with van der Waals surface area (Å²) in [7, 11) is 1.61. The van der Waals surface area contributed by atoms with Crippen LogP contribution in [0.2, 0.25) is 0 Å². The number of aromatic hydroxyl groups is 1. The SMILES string of the molecule is COc1ccc(NC(C)=O)c(N2CCN(Cc3ccc(O)c4ncccc34)CC2)c1-c1ccc(F)cc1. The van der Waals surface area contributed by atoms with E-state index in [1.54, 1.807) is 31.5 Å². The summed E-state index contributed by atoms with van der Waals surface area (Å²) in [5, 5.41) is 14.1. The van der Waals surface area contributed by atoms with Crippen molar-refractivity contribution in [1.29, 1.82) is 0 Å². The number of anilines is 2. The summed E-state index contributed by atoms with van der Waals surface area (Å²) in [6.45, 7) is 5.26. The zero-order valence-electron chi connectivity index (χ0n) is 20.9. The predicted octanol–water partition coefficient (Wildman–Crippen LogP) is 5.04. The first-order valence-corrected chi connectivity index (χ1v) is 12.2. The van der Waals surface area contributed by atoms with Crippen molar-refractivity contribution >= 4 is 28.2 Å². The molecule has 8 heteroatoms. The minimum absolute atomic E-state index is 0.164. The van der Waals surface area contributed by atoms with Gasteiger partial charge in [0.15, 0.2) is 0 Å². The number of hydrogen-bond donors (Lipinski definition) is 2. The number of phenols is 1. The Hall–Kier alpha value is -4.17. The number of aromatic nitrogens is 1. The van der Waals surface area contributed by atoms with E-state index in [1.165, 1.54) is 19.1 Å². The number of carbonyl (C=O) groups is 1. The van der Waals surface area contributed by atoms with Gasteiger partial charge in [0, 0.05) is 56.8 Å². The highest BCUT2D eigenvalue weighted by molar-refractivity contribution is 5.99. The number of ether oxygens (including phenoxy) is 1. The van der Waals surface area contributed by atoms with Crippen LogP contribution >= 0.6 is 0 Å². The number of fused-ring (bicyclic) bond motifs is 1. The van der Waals surface area contributed by atoms with Gasteiger partial charge in [0.1, 0.15) is 22.8 Å². The molecule has 1 fully saturated rings. The van der Waals surface area contributed by atoms with E-state index in [-0.39, 0.29) is 17.5 Å². The van der Waals surface area contributed by atoms with Crippen molar-refractivity contribution in [2.45, 2.75) is 13.5 Å². The lowest BCUT2D eigenvalue weighted by Gasteiger charge is -2.38. The van der Waals surface area contributed by atoms with Crippen molar-refractivity contribution in [1.82, 2.24) is 9.88 Å². The van der Waals surface area contributed by atoms with E-state index in [1.807, 2.05) is 30.3 Å². The zero-order valence-corrected chi connectivity index (χ0v) is 20.9. The van der Waals surface area contributed by atoms with Gasteiger partial charge >= 0.3 is 0 Å². The topological polar surface area (TPSA) is 77.9 Å². The molecule has 0 radical (unpaired) electrons. The summed E-state index contributed by atoms with van der Waals surface area (Å²) in [6, 6.07) is 17.5. The highest BCUT2D eigenvalue weighted by Crippen LogP contribution is 2.44. The number of halogens is 1. The number of nitrogens with zero attached hydrogens (tertiary/aromatic N) is 3. The van der Waals surface area contributed by atoms with Crippen LogP contribution in [0.25, 0.3) is 22.0 Å². The van der Waals surface area contributed by atoms with Gasteiger partial charge in [-0.3, -0.25) is 14.7 Å².